The van der Waals surface area contributed by atoms with E-state index in [1.54, 1.807) is 18.3 Å². The monoisotopic (exact) mass is 307 g/mol. The zero-order valence-corrected chi connectivity index (χ0v) is 13.4. The molecule has 0 bridgehead atoms. The maximum atomic E-state index is 12.1. The van der Waals surface area contributed by atoms with E-state index < -0.39 is 0 Å². The van der Waals surface area contributed by atoms with E-state index in [1.807, 2.05) is 0 Å². The summed E-state index contributed by atoms with van der Waals surface area (Å²) in [6, 6.07) is 4.87. The van der Waals surface area contributed by atoms with Gasteiger partial charge in [0.15, 0.2) is 0 Å². The highest BCUT2D eigenvalue weighted by Crippen LogP contribution is 2.19. The van der Waals surface area contributed by atoms with E-state index in [4.69, 9.17) is 4.74 Å². The summed E-state index contributed by atoms with van der Waals surface area (Å²) in [6.07, 6.45) is 2.57. The maximum Gasteiger partial charge on any atom is 0.250 e. The first-order valence-electron chi connectivity index (χ1n) is 7.80. The number of morpholine rings is 1. The molecule has 1 fully saturated rings. The van der Waals surface area contributed by atoms with Crippen molar-refractivity contribution in [3.05, 3.63) is 34.7 Å². The summed E-state index contributed by atoms with van der Waals surface area (Å²) in [7, 11) is 0. The highest BCUT2D eigenvalue weighted by atomic mass is 16.5. The lowest BCUT2D eigenvalue weighted by atomic mass is 9.95. The molecule has 1 aliphatic rings. The number of nitrogens with zero attached hydrogens (tertiary/aromatic N) is 2. The van der Waals surface area contributed by atoms with Crippen molar-refractivity contribution in [2.24, 2.45) is 0 Å². The average Bonchev–Trinajstić information content (AvgIpc) is 2.55. The molecule has 1 atom stereocenters. The lowest BCUT2D eigenvalue weighted by Gasteiger charge is -2.43. The van der Waals surface area contributed by atoms with Crippen LogP contribution in [-0.4, -0.2) is 53.8 Å². The predicted molar refractivity (Wildman–Crippen MR) is 84.8 cm³/mol. The molecule has 1 saturated heterocycles. The number of hydrogen-bond acceptors (Lipinski definition) is 4. The van der Waals surface area contributed by atoms with Gasteiger partial charge in [0.1, 0.15) is 6.54 Å². The van der Waals surface area contributed by atoms with Crippen LogP contribution in [0.1, 0.15) is 20.3 Å². The van der Waals surface area contributed by atoms with Gasteiger partial charge in [-0.05, 0) is 19.4 Å². The minimum absolute atomic E-state index is 0.0581. The van der Waals surface area contributed by atoms with Crippen LogP contribution in [0, 0.1) is 0 Å². The van der Waals surface area contributed by atoms with Gasteiger partial charge >= 0.3 is 0 Å². The van der Waals surface area contributed by atoms with Crippen LogP contribution in [0.2, 0.25) is 0 Å². The van der Waals surface area contributed by atoms with Gasteiger partial charge in [-0.2, -0.15) is 0 Å². The van der Waals surface area contributed by atoms with Crippen LogP contribution in [0.5, 0.6) is 0 Å². The zero-order valence-electron chi connectivity index (χ0n) is 13.4. The molecule has 0 aliphatic carbocycles. The molecule has 0 aromatic carbocycles. The van der Waals surface area contributed by atoms with Gasteiger partial charge in [-0.3, -0.25) is 14.5 Å². The fourth-order valence-corrected chi connectivity index (χ4v) is 2.65. The fraction of sp³-hybridized carbons (Fsp3) is 0.625. The number of aromatic nitrogens is 1. The molecule has 1 N–H and O–H groups in total. The van der Waals surface area contributed by atoms with Crippen molar-refractivity contribution in [1.29, 1.82) is 0 Å². The molecule has 1 unspecified atom stereocenters. The molecule has 1 amide bonds. The average molecular weight is 307 g/mol. The molecule has 1 aliphatic heterocycles. The summed E-state index contributed by atoms with van der Waals surface area (Å²) < 4.78 is 6.80. The topological polar surface area (TPSA) is 63.6 Å². The third-order valence-electron chi connectivity index (χ3n) is 4.42. The Balaban J connectivity index is 1.91. The Morgan fingerprint density at radius 1 is 1.36 bits per heavy atom. The number of ether oxygens (including phenoxy) is 1. The molecular weight excluding hydrogens is 282 g/mol. The molecule has 0 spiro atoms. The van der Waals surface area contributed by atoms with Gasteiger partial charge in [-0.15, -0.1) is 0 Å². The SMILES string of the molecule is CCC(C)(CNC(=O)Cn1ccccc1=O)N1CCOCC1. The molecule has 122 valence electrons. The first-order chi connectivity index (χ1) is 10.5. The number of carbonyl (C=O) groups is 1. The fourth-order valence-electron chi connectivity index (χ4n) is 2.65. The van der Waals surface area contributed by atoms with Gasteiger partial charge < -0.3 is 14.6 Å². The van der Waals surface area contributed by atoms with Crippen molar-refractivity contribution >= 4 is 5.91 Å². The van der Waals surface area contributed by atoms with Gasteiger partial charge in [0.2, 0.25) is 5.91 Å². The third kappa shape index (κ3) is 4.18. The second kappa shape index (κ2) is 7.56. The summed E-state index contributed by atoms with van der Waals surface area (Å²) in [5.74, 6) is -0.138. The molecule has 2 heterocycles. The lowest BCUT2D eigenvalue weighted by Crippen LogP contribution is -2.57. The Labute approximate surface area is 131 Å². The standard InChI is InChI=1S/C16H25N3O3/c1-3-16(2,19-8-10-22-11-9-19)13-17-14(20)12-18-7-5-4-6-15(18)21/h4-7H,3,8-13H2,1-2H3,(H,17,20). The molecule has 0 saturated carbocycles. The molecule has 22 heavy (non-hydrogen) atoms. The first-order valence-corrected chi connectivity index (χ1v) is 7.80. The van der Waals surface area contributed by atoms with Gasteiger partial charge in [0.25, 0.3) is 5.56 Å². The quantitative estimate of drug-likeness (QED) is 0.829. The van der Waals surface area contributed by atoms with Crippen LogP contribution < -0.4 is 10.9 Å². The van der Waals surface area contributed by atoms with Crippen molar-refractivity contribution < 1.29 is 9.53 Å². The number of amides is 1. The van der Waals surface area contributed by atoms with E-state index in [9.17, 15) is 9.59 Å². The summed E-state index contributed by atoms with van der Waals surface area (Å²) in [5.41, 5.74) is -0.245. The smallest absolute Gasteiger partial charge is 0.250 e. The van der Waals surface area contributed by atoms with Gasteiger partial charge in [0.05, 0.1) is 13.2 Å². The van der Waals surface area contributed by atoms with E-state index >= 15 is 0 Å². The minimum atomic E-state index is -0.163. The second-order valence-corrected chi connectivity index (χ2v) is 5.89. The summed E-state index contributed by atoms with van der Waals surface area (Å²) in [5, 5.41) is 2.97. The minimum Gasteiger partial charge on any atom is -0.379 e. The number of nitrogens with one attached hydrogen (secondary N) is 1. The third-order valence-corrected chi connectivity index (χ3v) is 4.42. The lowest BCUT2D eigenvalue weighted by molar-refractivity contribution is -0.122. The zero-order chi connectivity index (χ0) is 16.0. The molecule has 1 aromatic rings. The Hall–Kier alpha value is -1.66. The van der Waals surface area contributed by atoms with E-state index in [-0.39, 0.29) is 23.6 Å². The number of carbonyl (C=O) groups excluding carboxylic acids is 1. The van der Waals surface area contributed by atoms with Crippen molar-refractivity contribution in [3.63, 3.8) is 0 Å². The van der Waals surface area contributed by atoms with E-state index in [2.05, 4.69) is 24.1 Å². The van der Waals surface area contributed by atoms with Crippen LogP contribution in [0.4, 0.5) is 0 Å². The molecule has 6 heteroatoms. The number of hydrogen-bond donors (Lipinski definition) is 1. The van der Waals surface area contributed by atoms with Crippen LogP contribution >= 0.6 is 0 Å². The van der Waals surface area contributed by atoms with Crippen LogP contribution in [0.25, 0.3) is 0 Å². The predicted octanol–water partition coefficient (Wildman–Crippen LogP) is 0.465. The molecule has 6 nitrogen and oxygen atoms in total. The van der Waals surface area contributed by atoms with Crippen molar-refractivity contribution in [3.8, 4) is 0 Å². The van der Waals surface area contributed by atoms with Gasteiger partial charge in [0, 0.05) is 37.4 Å². The summed E-state index contributed by atoms with van der Waals surface area (Å²) in [6.45, 7) is 8.17. The Kier molecular flexibility index (Phi) is 5.74. The highest BCUT2D eigenvalue weighted by molar-refractivity contribution is 5.75. The second-order valence-electron chi connectivity index (χ2n) is 5.89. The van der Waals surface area contributed by atoms with Crippen molar-refractivity contribution in [2.45, 2.75) is 32.4 Å². The number of pyridine rings is 1. The molecule has 0 radical (unpaired) electrons. The molecule has 2 rings (SSSR count). The number of rotatable bonds is 6. The Bertz CT molecular complexity index is 552. The van der Waals surface area contributed by atoms with E-state index in [0.29, 0.717) is 6.54 Å². The van der Waals surface area contributed by atoms with Gasteiger partial charge in [-0.25, -0.2) is 0 Å². The van der Waals surface area contributed by atoms with E-state index in [0.717, 1.165) is 32.7 Å². The van der Waals surface area contributed by atoms with Crippen LogP contribution in [0.3, 0.4) is 0 Å². The summed E-state index contributed by atoms with van der Waals surface area (Å²) >= 11 is 0. The Morgan fingerprint density at radius 2 is 2.09 bits per heavy atom. The van der Waals surface area contributed by atoms with Crippen LogP contribution in [-0.2, 0) is 16.1 Å². The maximum absolute atomic E-state index is 12.1. The van der Waals surface area contributed by atoms with Crippen molar-refractivity contribution in [2.75, 3.05) is 32.8 Å². The molecule has 1 aromatic heterocycles. The Morgan fingerprint density at radius 3 is 2.73 bits per heavy atom. The van der Waals surface area contributed by atoms with Gasteiger partial charge in [-0.1, -0.05) is 13.0 Å². The summed E-state index contributed by atoms with van der Waals surface area (Å²) in [4.78, 5) is 26.1. The van der Waals surface area contributed by atoms with E-state index in [1.165, 1.54) is 10.6 Å². The molecular formula is C16H25N3O3. The highest BCUT2D eigenvalue weighted by Gasteiger charge is 2.31. The van der Waals surface area contributed by atoms with Crippen LogP contribution in [0.15, 0.2) is 29.2 Å². The largest absolute Gasteiger partial charge is 0.379 e. The first kappa shape index (κ1) is 16.7. The normalized spacial score (nSPS) is 18.6. The van der Waals surface area contributed by atoms with Crippen molar-refractivity contribution in [1.82, 2.24) is 14.8 Å².